The largest absolute Gasteiger partial charge is 0.487 e. The summed E-state index contributed by atoms with van der Waals surface area (Å²) in [5.41, 5.74) is 4.29. The quantitative estimate of drug-likeness (QED) is 0.573. The van der Waals surface area contributed by atoms with Crippen LogP contribution in [0.15, 0.2) is 29.5 Å². The van der Waals surface area contributed by atoms with E-state index < -0.39 is 16.4 Å². The van der Waals surface area contributed by atoms with Crippen molar-refractivity contribution in [1.82, 2.24) is 9.97 Å². The van der Waals surface area contributed by atoms with Crippen LogP contribution in [0.2, 0.25) is 0 Å². The Morgan fingerprint density at radius 2 is 2.12 bits per heavy atom. The molecule has 4 N–H and O–H groups in total. The van der Waals surface area contributed by atoms with Gasteiger partial charge in [-0.15, -0.1) is 0 Å². The van der Waals surface area contributed by atoms with Crippen LogP contribution in [-0.4, -0.2) is 53.6 Å². The van der Waals surface area contributed by atoms with Crippen LogP contribution in [0.25, 0.3) is 0 Å². The van der Waals surface area contributed by atoms with Gasteiger partial charge in [-0.05, 0) is 38.3 Å². The number of hydrogen-bond donors (Lipinski definition) is 3. The molecule has 0 radical (unpaired) electrons. The number of aliphatic imine (C=N–C) groups is 1. The highest BCUT2D eigenvalue weighted by Gasteiger charge is 2.36. The number of nitrogens with one attached hydrogen (secondary N) is 1. The van der Waals surface area contributed by atoms with Gasteiger partial charge in [-0.2, -0.15) is 8.42 Å². The summed E-state index contributed by atoms with van der Waals surface area (Å²) in [5, 5.41) is 18.6. The lowest BCUT2D eigenvalue weighted by molar-refractivity contribution is 0.101. The van der Waals surface area contributed by atoms with Gasteiger partial charge >= 0.3 is 10.3 Å². The summed E-state index contributed by atoms with van der Waals surface area (Å²) in [5.74, 6) is 1.13. The monoisotopic (exact) mass is 473 g/mol. The van der Waals surface area contributed by atoms with E-state index in [0.29, 0.717) is 30.8 Å². The maximum absolute atomic E-state index is 11.1. The normalized spacial score (nSPS) is 25.3. The second-order valence-electron chi connectivity index (χ2n) is 9.50. The number of benzene rings is 1. The summed E-state index contributed by atoms with van der Waals surface area (Å²) in [6.07, 6.45) is 3.17. The average Bonchev–Trinajstić information content (AvgIpc) is 3.39. The number of hydrogen-bond acceptors (Lipinski definition) is 9. The molecule has 1 fully saturated rings. The Labute approximate surface area is 192 Å². The highest BCUT2D eigenvalue weighted by atomic mass is 32.2. The molecule has 1 aromatic carbocycles. The van der Waals surface area contributed by atoms with Crippen molar-refractivity contribution >= 4 is 27.5 Å². The van der Waals surface area contributed by atoms with Gasteiger partial charge in [0, 0.05) is 30.4 Å². The third-order valence-corrected chi connectivity index (χ3v) is 6.79. The fourth-order valence-corrected chi connectivity index (χ4v) is 5.24. The number of para-hydroxylation sites is 1. The Hall–Kier alpha value is -2.60. The van der Waals surface area contributed by atoms with Crippen molar-refractivity contribution < 1.29 is 22.4 Å². The highest BCUT2D eigenvalue weighted by molar-refractivity contribution is 7.84. The van der Waals surface area contributed by atoms with Crippen molar-refractivity contribution in [3.63, 3.8) is 0 Å². The molecule has 0 amide bonds. The maximum atomic E-state index is 11.1. The fraction of sp³-hybridized carbons (Fsp3) is 0.500. The second kappa shape index (κ2) is 8.01. The fourth-order valence-electron chi connectivity index (χ4n) is 4.87. The third kappa shape index (κ3) is 4.58. The number of fused-ring (bicyclic) bond motifs is 2. The van der Waals surface area contributed by atoms with Crippen molar-refractivity contribution in [1.29, 1.82) is 0 Å². The summed E-state index contributed by atoms with van der Waals surface area (Å²) < 4.78 is 33.0. The predicted molar refractivity (Wildman–Crippen MR) is 122 cm³/mol. The number of aliphatic hydroxyl groups is 1. The first-order chi connectivity index (χ1) is 15.6. The molecule has 2 aliphatic heterocycles. The summed E-state index contributed by atoms with van der Waals surface area (Å²) in [6.45, 7) is 4.00. The molecule has 1 aliphatic carbocycles. The maximum Gasteiger partial charge on any atom is 0.333 e. The number of aliphatic hydroxyl groups excluding tert-OH is 1. The molecule has 0 unspecified atom stereocenters. The molecule has 1 aromatic heterocycles. The number of nitrogens with two attached hydrogens (primary N) is 1. The van der Waals surface area contributed by atoms with E-state index in [2.05, 4.69) is 39.4 Å². The van der Waals surface area contributed by atoms with Gasteiger partial charge in [-0.3, -0.25) is 4.18 Å². The van der Waals surface area contributed by atoms with E-state index in [1.807, 2.05) is 12.1 Å². The number of anilines is 1. The molecule has 3 aliphatic rings. The molecule has 1 saturated carbocycles. The molecular formula is C22H27N5O5S. The number of rotatable bonds is 6. The predicted octanol–water partition coefficient (Wildman–Crippen LogP) is 1.64. The van der Waals surface area contributed by atoms with E-state index in [4.69, 9.17) is 14.9 Å². The Balaban J connectivity index is 1.35. The molecule has 0 saturated heterocycles. The topological polar surface area (TPSA) is 149 Å². The minimum Gasteiger partial charge on any atom is -0.487 e. The number of ether oxygens (including phenoxy) is 1. The zero-order chi connectivity index (χ0) is 23.4. The van der Waals surface area contributed by atoms with Gasteiger partial charge < -0.3 is 15.2 Å². The molecule has 2 aromatic rings. The Morgan fingerprint density at radius 3 is 2.91 bits per heavy atom. The van der Waals surface area contributed by atoms with Crippen LogP contribution in [0.5, 0.6) is 5.75 Å². The smallest absolute Gasteiger partial charge is 0.333 e. The van der Waals surface area contributed by atoms with Crippen molar-refractivity contribution in [2.75, 3.05) is 11.9 Å². The summed E-state index contributed by atoms with van der Waals surface area (Å²) in [6, 6.07) is 6.02. The Bertz CT molecular complexity index is 1230. The van der Waals surface area contributed by atoms with Gasteiger partial charge in [0.2, 0.25) is 0 Å². The van der Waals surface area contributed by atoms with Gasteiger partial charge in [0.1, 0.15) is 23.4 Å². The van der Waals surface area contributed by atoms with Gasteiger partial charge in [0.15, 0.2) is 5.82 Å². The SMILES string of the molecule is CC1(C)Cc2cccc(C3=Nc4c(ncnc4N[C@@H]4C[C@@H](COS(N)(=O)=O)[C@@H](O)C4)C3)c2O1. The van der Waals surface area contributed by atoms with E-state index >= 15 is 0 Å². The summed E-state index contributed by atoms with van der Waals surface area (Å²) in [7, 11) is -4.04. The van der Waals surface area contributed by atoms with E-state index in [9.17, 15) is 13.5 Å². The first-order valence-electron chi connectivity index (χ1n) is 10.9. The number of aromatic nitrogens is 2. The van der Waals surface area contributed by atoms with Crippen LogP contribution in [0.1, 0.15) is 43.5 Å². The second-order valence-corrected chi connectivity index (χ2v) is 10.7. The lowest BCUT2D eigenvalue weighted by atomic mass is 9.98. The highest BCUT2D eigenvalue weighted by Crippen LogP contribution is 2.41. The van der Waals surface area contributed by atoms with Crippen LogP contribution in [-0.2, 0) is 27.3 Å². The van der Waals surface area contributed by atoms with Crippen LogP contribution in [0.3, 0.4) is 0 Å². The third-order valence-electron chi connectivity index (χ3n) is 6.33. The average molecular weight is 474 g/mol. The minimum absolute atomic E-state index is 0.113. The zero-order valence-electron chi connectivity index (χ0n) is 18.5. The molecule has 0 bridgehead atoms. The Kier molecular flexibility index (Phi) is 5.39. The van der Waals surface area contributed by atoms with E-state index in [0.717, 1.165) is 29.1 Å². The molecule has 5 rings (SSSR count). The van der Waals surface area contributed by atoms with E-state index in [1.54, 1.807) is 0 Å². The van der Waals surface area contributed by atoms with Crippen LogP contribution >= 0.6 is 0 Å². The lowest BCUT2D eigenvalue weighted by Crippen LogP contribution is -2.25. The summed E-state index contributed by atoms with van der Waals surface area (Å²) >= 11 is 0. The first kappa shape index (κ1) is 22.2. The van der Waals surface area contributed by atoms with Crippen molar-refractivity contribution in [2.24, 2.45) is 16.0 Å². The first-order valence-corrected chi connectivity index (χ1v) is 12.4. The standard InChI is InChI=1S/C22H27N5O5S/c1-22(2)9-12-4-3-5-15(20(12)32-22)16-8-17-19(27-16)21(25-11-24-17)26-14-6-13(18(28)7-14)10-31-33(23,29)30/h3-5,11,13-14,18,28H,6-10H2,1-2H3,(H2,23,29,30)(H,24,25,26)/t13-,14+,18-/m0/s1. The molecule has 3 heterocycles. The zero-order valence-corrected chi connectivity index (χ0v) is 19.3. The molecule has 3 atom stereocenters. The molecule has 10 nitrogen and oxygen atoms in total. The van der Waals surface area contributed by atoms with Crippen LogP contribution in [0, 0.1) is 5.92 Å². The number of nitrogens with zero attached hydrogens (tertiary/aromatic N) is 3. The van der Waals surface area contributed by atoms with E-state index in [1.165, 1.54) is 11.9 Å². The van der Waals surface area contributed by atoms with Gasteiger partial charge in [0.25, 0.3) is 0 Å². The molecule has 11 heteroatoms. The van der Waals surface area contributed by atoms with Gasteiger partial charge in [0.05, 0.1) is 24.1 Å². The van der Waals surface area contributed by atoms with Crippen molar-refractivity contribution in [2.45, 2.75) is 57.3 Å². The summed E-state index contributed by atoms with van der Waals surface area (Å²) in [4.78, 5) is 13.7. The van der Waals surface area contributed by atoms with Crippen molar-refractivity contribution in [3.8, 4) is 5.75 Å². The lowest BCUT2D eigenvalue weighted by Gasteiger charge is -2.18. The Morgan fingerprint density at radius 1 is 1.30 bits per heavy atom. The molecule has 33 heavy (non-hydrogen) atoms. The minimum atomic E-state index is -4.04. The molecular weight excluding hydrogens is 446 g/mol. The molecule has 0 spiro atoms. The van der Waals surface area contributed by atoms with Crippen LogP contribution in [0.4, 0.5) is 11.5 Å². The van der Waals surface area contributed by atoms with Gasteiger partial charge in [-0.25, -0.2) is 20.1 Å². The van der Waals surface area contributed by atoms with E-state index in [-0.39, 0.29) is 24.2 Å². The van der Waals surface area contributed by atoms with Crippen molar-refractivity contribution in [3.05, 3.63) is 41.3 Å². The molecule has 176 valence electrons. The van der Waals surface area contributed by atoms with Crippen LogP contribution < -0.4 is 15.2 Å². The van der Waals surface area contributed by atoms with Gasteiger partial charge in [-0.1, -0.05) is 12.1 Å².